The van der Waals surface area contributed by atoms with Crippen molar-refractivity contribution < 1.29 is 4.79 Å². The second-order valence-corrected chi connectivity index (χ2v) is 7.76. The van der Waals surface area contributed by atoms with Gasteiger partial charge in [-0.1, -0.05) is 66.4 Å². The average molecular weight is 379 g/mol. The van der Waals surface area contributed by atoms with Crippen LogP contribution in [0.2, 0.25) is 0 Å². The molecule has 0 saturated heterocycles. The first-order chi connectivity index (χ1) is 13.2. The van der Waals surface area contributed by atoms with E-state index in [2.05, 4.69) is 56.5 Å². The van der Waals surface area contributed by atoms with Crippen LogP contribution in [0.5, 0.6) is 0 Å². The third-order valence-electron chi connectivity index (χ3n) is 4.71. The molecule has 1 fully saturated rings. The first-order valence-corrected chi connectivity index (χ1v) is 10.2. The molecular weight excluding hydrogens is 356 g/mol. The molecule has 27 heavy (non-hydrogen) atoms. The molecule has 0 bridgehead atoms. The molecule has 0 radical (unpaired) electrons. The summed E-state index contributed by atoms with van der Waals surface area (Å²) in [6, 6.07) is 19.1. The van der Waals surface area contributed by atoms with Crippen molar-refractivity contribution in [3.63, 3.8) is 0 Å². The predicted octanol–water partition coefficient (Wildman–Crippen LogP) is 4.25. The van der Waals surface area contributed by atoms with Crippen molar-refractivity contribution >= 4 is 17.7 Å². The molecule has 1 amide bonds. The van der Waals surface area contributed by atoms with E-state index in [9.17, 15) is 4.79 Å². The van der Waals surface area contributed by atoms with Crippen LogP contribution in [0.25, 0.3) is 11.1 Å². The molecular formula is C21H22N4OS. The number of carbonyl (C=O) groups excluding carboxylic acids is 1. The molecule has 1 atom stereocenters. The van der Waals surface area contributed by atoms with E-state index in [1.807, 2.05) is 25.1 Å². The van der Waals surface area contributed by atoms with Crippen molar-refractivity contribution in [1.82, 2.24) is 20.1 Å². The number of aromatic nitrogens is 3. The summed E-state index contributed by atoms with van der Waals surface area (Å²) in [5.41, 5.74) is 3.46. The second kappa shape index (κ2) is 7.96. The fraction of sp³-hybridized carbons (Fsp3) is 0.286. The van der Waals surface area contributed by atoms with Crippen LogP contribution >= 0.6 is 11.8 Å². The molecule has 5 nitrogen and oxygen atoms in total. The Morgan fingerprint density at radius 3 is 2.56 bits per heavy atom. The summed E-state index contributed by atoms with van der Waals surface area (Å²) in [6.07, 6.45) is 4.11. The van der Waals surface area contributed by atoms with Crippen LogP contribution in [0.3, 0.4) is 0 Å². The highest BCUT2D eigenvalue weighted by Gasteiger charge is 2.26. The van der Waals surface area contributed by atoms with Crippen molar-refractivity contribution in [1.29, 1.82) is 0 Å². The summed E-state index contributed by atoms with van der Waals surface area (Å²) in [7, 11) is 0. The van der Waals surface area contributed by atoms with Gasteiger partial charge in [0.15, 0.2) is 5.16 Å². The summed E-state index contributed by atoms with van der Waals surface area (Å²) in [4.78, 5) is 12.3. The predicted molar refractivity (Wildman–Crippen MR) is 107 cm³/mol. The molecule has 2 aromatic carbocycles. The Morgan fingerprint density at radius 1 is 1.15 bits per heavy atom. The van der Waals surface area contributed by atoms with Gasteiger partial charge >= 0.3 is 0 Å². The normalized spacial score (nSPS) is 14.7. The zero-order chi connectivity index (χ0) is 18.6. The van der Waals surface area contributed by atoms with Gasteiger partial charge in [0.2, 0.25) is 5.91 Å². The largest absolute Gasteiger partial charge is 0.349 e. The average Bonchev–Trinajstić information content (AvgIpc) is 3.45. The number of thioether (sulfide) groups is 1. The number of hydrogen-bond donors (Lipinski definition) is 1. The third-order valence-corrected chi connectivity index (χ3v) is 5.67. The monoisotopic (exact) mass is 378 g/mol. The number of carbonyl (C=O) groups is 1. The van der Waals surface area contributed by atoms with E-state index in [-0.39, 0.29) is 11.9 Å². The van der Waals surface area contributed by atoms with E-state index in [0.717, 1.165) is 10.7 Å². The highest BCUT2D eigenvalue weighted by molar-refractivity contribution is 7.99. The topological polar surface area (TPSA) is 59.8 Å². The van der Waals surface area contributed by atoms with Crippen LogP contribution in [-0.4, -0.2) is 26.4 Å². The Labute approximate surface area is 163 Å². The van der Waals surface area contributed by atoms with Gasteiger partial charge in [0.05, 0.1) is 11.8 Å². The third kappa shape index (κ3) is 4.39. The van der Waals surface area contributed by atoms with E-state index >= 15 is 0 Å². The number of rotatable bonds is 7. The van der Waals surface area contributed by atoms with Gasteiger partial charge in [-0.05, 0) is 36.5 Å². The first kappa shape index (κ1) is 17.8. The van der Waals surface area contributed by atoms with Crippen molar-refractivity contribution in [3.8, 4) is 11.1 Å². The molecule has 6 heteroatoms. The van der Waals surface area contributed by atoms with Crippen LogP contribution < -0.4 is 5.32 Å². The van der Waals surface area contributed by atoms with Crippen LogP contribution in [0.1, 0.15) is 37.4 Å². The highest BCUT2D eigenvalue weighted by Crippen LogP contribution is 2.37. The number of nitrogens with one attached hydrogen (secondary N) is 1. The lowest BCUT2D eigenvalue weighted by molar-refractivity contribution is -0.119. The van der Waals surface area contributed by atoms with Gasteiger partial charge in [0.25, 0.3) is 0 Å². The fourth-order valence-electron chi connectivity index (χ4n) is 3.03. The Bertz CT molecular complexity index is 903. The first-order valence-electron chi connectivity index (χ1n) is 9.18. The SMILES string of the molecule is C[C@H](NC(=O)CSc1nncn1C1CC1)c1ccc(-c2ccccc2)cc1. The minimum Gasteiger partial charge on any atom is -0.349 e. The minimum atomic E-state index is -0.0378. The maximum absolute atomic E-state index is 12.3. The molecule has 0 spiro atoms. The number of hydrogen-bond acceptors (Lipinski definition) is 4. The summed E-state index contributed by atoms with van der Waals surface area (Å²) in [6.45, 7) is 2.01. The van der Waals surface area contributed by atoms with Crippen molar-refractivity contribution in [3.05, 3.63) is 66.5 Å². The van der Waals surface area contributed by atoms with Crippen molar-refractivity contribution in [2.45, 2.75) is 37.0 Å². The Kier molecular flexibility index (Phi) is 5.25. The smallest absolute Gasteiger partial charge is 0.230 e. The van der Waals surface area contributed by atoms with E-state index < -0.39 is 0 Å². The Balaban J connectivity index is 1.32. The van der Waals surface area contributed by atoms with Gasteiger partial charge in [-0.25, -0.2) is 0 Å². The zero-order valence-electron chi connectivity index (χ0n) is 15.2. The lowest BCUT2D eigenvalue weighted by atomic mass is 10.0. The summed E-state index contributed by atoms with van der Waals surface area (Å²) < 4.78 is 2.07. The number of nitrogens with zero attached hydrogens (tertiary/aromatic N) is 3. The van der Waals surface area contributed by atoms with Crippen LogP contribution in [0, 0.1) is 0 Å². The van der Waals surface area contributed by atoms with Gasteiger partial charge in [-0.3, -0.25) is 4.79 Å². The summed E-state index contributed by atoms with van der Waals surface area (Å²) in [5, 5.41) is 12.0. The molecule has 4 rings (SSSR count). The van der Waals surface area contributed by atoms with Gasteiger partial charge in [-0.2, -0.15) is 0 Å². The van der Waals surface area contributed by atoms with E-state index in [1.165, 1.54) is 35.7 Å². The molecule has 1 aliphatic carbocycles. The molecule has 3 aromatic rings. The molecule has 138 valence electrons. The van der Waals surface area contributed by atoms with E-state index in [0.29, 0.717) is 11.8 Å². The number of benzene rings is 2. The maximum Gasteiger partial charge on any atom is 0.230 e. The van der Waals surface area contributed by atoms with Crippen molar-refractivity contribution in [2.75, 3.05) is 5.75 Å². The molecule has 0 unspecified atom stereocenters. The summed E-state index contributed by atoms with van der Waals surface area (Å²) in [5.74, 6) is 0.350. The van der Waals surface area contributed by atoms with Gasteiger partial charge in [-0.15, -0.1) is 10.2 Å². The molecule has 1 heterocycles. The molecule has 1 N–H and O–H groups in total. The van der Waals surface area contributed by atoms with Gasteiger partial charge in [0.1, 0.15) is 6.33 Å². The quantitative estimate of drug-likeness (QED) is 0.625. The van der Waals surface area contributed by atoms with Crippen molar-refractivity contribution in [2.24, 2.45) is 0 Å². The lowest BCUT2D eigenvalue weighted by Crippen LogP contribution is -2.28. The lowest BCUT2D eigenvalue weighted by Gasteiger charge is -2.15. The fourth-order valence-corrected chi connectivity index (χ4v) is 3.82. The Hall–Kier alpha value is -2.60. The van der Waals surface area contributed by atoms with E-state index in [1.54, 1.807) is 6.33 Å². The number of amides is 1. The summed E-state index contributed by atoms with van der Waals surface area (Å²) >= 11 is 1.44. The highest BCUT2D eigenvalue weighted by atomic mass is 32.2. The van der Waals surface area contributed by atoms with Crippen LogP contribution in [-0.2, 0) is 4.79 Å². The molecule has 1 saturated carbocycles. The maximum atomic E-state index is 12.3. The van der Waals surface area contributed by atoms with Crippen LogP contribution in [0.15, 0.2) is 66.1 Å². The molecule has 1 aromatic heterocycles. The minimum absolute atomic E-state index is 0.00461. The van der Waals surface area contributed by atoms with Crippen LogP contribution in [0.4, 0.5) is 0 Å². The van der Waals surface area contributed by atoms with Gasteiger partial charge < -0.3 is 9.88 Å². The Morgan fingerprint density at radius 2 is 1.85 bits per heavy atom. The standard InChI is InChI=1S/C21H22N4OS/c1-15(16-7-9-18(10-8-16)17-5-3-2-4-6-17)23-20(26)13-27-21-24-22-14-25(21)19-11-12-19/h2-10,14-15,19H,11-13H2,1H3,(H,23,26)/t15-/m0/s1. The van der Waals surface area contributed by atoms with E-state index in [4.69, 9.17) is 0 Å². The molecule has 1 aliphatic rings. The van der Waals surface area contributed by atoms with Gasteiger partial charge in [0, 0.05) is 6.04 Å². The molecule has 0 aliphatic heterocycles. The zero-order valence-corrected chi connectivity index (χ0v) is 16.0. The second-order valence-electron chi connectivity index (χ2n) is 6.82.